The van der Waals surface area contributed by atoms with Crippen LogP contribution < -0.4 is 0 Å². The quantitative estimate of drug-likeness (QED) is 0.504. The molecule has 1 heteroatoms. The second-order valence-corrected chi connectivity index (χ2v) is 6.46. The fourth-order valence-corrected chi connectivity index (χ4v) is 3.19. The third-order valence-corrected chi connectivity index (χ3v) is 4.43. The topological polar surface area (TPSA) is 0 Å². The molecule has 0 atom stereocenters. The molecule has 0 spiro atoms. The first-order valence-corrected chi connectivity index (χ1v) is 8.06. The van der Waals surface area contributed by atoms with Crippen LogP contribution >= 0.6 is 15.9 Å². The Labute approximate surface area is 129 Å². The smallest absolute Gasteiger partial charge is 0.0248 e. The maximum atomic E-state index is 3.41. The van der Waals surface area contributed by atoms with Crippen LogP contribution in [0, 0.1) is 11.8 Å². The summed E-state index contributed by atoms with van der Waals surface area (Å²) in [6.45, 7) is 4.60. The molecular weight excluding hydrogens is 308 g/mol. The molecule has 20 heavy (non-hydrogen) atoms. The summed E-state index contributed by atoms with van der Waals surface area (Å²) >= 11 is 3.41. The predicted molar refractivity (Wildman–Crippen MR) is 89.3 cm³/mol. The lowest BCUT2D eigenvalue weighted by atomic mass is 9.82. The molecule has 0 nitrogen and oxygen atoms in total. The molecule has 0 unspecified atom stereocenters. The van der Waals surface area contributed by atoms with E-state index in [0.29, 0.717) is 0 Å². The van der Waals surface area contributed by atoms with Crippen LogP contribution in [0.3, 0.4) is 0 Å². The minimum atomic E-state index is 0.0685. The Morgan fingerprint density at radius 3 is 2.55 bits per heavy atom. The molecule has 0 radical (unpaired) electrons. The Kier molecular flexibility index (Phi) is 3.44. The van der Waals surface area contributed by atoms with Crippen molar-refractivity contribution in [1.82, 2.24) is 0 Å². The van der Waals surface area contributed by atoms with Gasteiger partial charge in [0.25, 0.3) is 0 Å². The van der Waals surface area contributed by atoms with Gasteiger partial charge in [0.15, 0.2) is 0 Å². The lowest BCUT2D eigenvalue weighted by Crippen LogP contribution is -2.14. The molecule has 0 bridgehead atoms. The van der Waals surface area contributed by atoms with Crippen LogP contribution in [0.5, 0.6) is 0 Å². The highest BCUT2D eigenvalue weighted by atomic mass is 79.9. The molecule has 1 aliphatic rings. The Bertz CT molecular complexity index is 714. The van der Waals surface area contributed by atoms with Gasteiger partial charge in [-0.25, -0.2) is 0 Å². The Morgan fingerprint density at radius 2 is 1.75 bits per heavy atom. The summed E-state index contributed by atoms with van der Waals surface area (Å²) in [5, 5.41) is 0.932. The van der Waals surface area contributed by atoms with Crippen molar-refractivity contribution in [2.45, 2.75) is 25.7 Å². The van der Waals surface area contributed by atoms with Crippen LogP contribution in [0.1, 0.15) is 37.0 Å². The standard InChI is InChI=1S/C19H17Br/c1-19(2)17-9-4-3-8-15(17)16-11-10-14(13-18(16)19)7-5-6-12-20/h3-4,8-11,13H,6,12H2,1-2H3. The lowest BCUT2D eigenvalue weighted by Gasteiger charge is -2.21. The number of fused-ring (bicyclic) bond motifs is 3. The minimum absolute atomic E-state index is 0.0685. The van der Waals surface area contributed by atoms with Gasteiger partial charge >= 0.3 is 0 Å². The van der Waals surface area contributed by atoms with Crippen molar-refractivity contribution in [3.05, 3.63) is 59.2 Å². The monoisotopic (exact) mass is 324 g/mol. The summed E-state index contributed by atoms with van der Waals surface area (Å²) in [6, 6.07) is 15.3. The SMILES string of the molecule is CC1(C)c2ccccc2-c2ccc(C#CCCBr)cc21. The third-order valence-electron chi connectivity index (χ3n) is 4.04. The van der Waals surface area contributed by atoms with Crippen molar-refractivity contribution in [2.75, 3.05) is 5.33 Å². The summed E-state index contributed by atoms with van der Waals surface area (Å²) < 4.78 is 0. The zero-order valence-corrected chi connectivity index (χ0v) is 13.4. The number of hydrogen-bond donors (Lipinski definition) is 0. The highest BCUT2D eigenvalue weighted by molar-refractivity contribution is 9.09. The van der Waals surface area contributed by atoms with Crippen molar-refractivity contribution in [2.24, 2.45) is 0 Å². The van der Waals surface area contributed by atoms with E-state index in [1.807, 2.05) is 0 Å². The molecule has 0 N–H and O–H groups in total. The van der Waals surface area contributed by atoms with E-state index in [1.165, 1.54) is 22.3 Å². The maximum absolute atomic E-state index is 3.41. The van der Waals surface area contributed by atoms with Crippen LogP contribution in [-0.2, 0) is 5.41 Å². The van der Waals surface area contributed by atoms with E-state index in [1.54, 1.807) is 0 Å². The first-order chi connectivity index (χ1) is 9.64. The predicted octanol–water partition coefficient (Wildman–Crippen LogP) is 5.13. The number of hydrogen-bond acceptors (Lipinski definition) is 0. The van der Waals surface area contributed by atoms with Gasteiger partial charge in [-0.1, -0.05) is 72.0 Å². The molecule has 0 aliphatic heterocycles. The molecule has 100 valence electrons. The van der Waals surface area contributed by atoms with E-state index in [2.05, 4.69) is 84.1 Å². The summed E-state index contributed by atoms with van der Waals surface area (Å²) in [5.74, 6) is 6.45. The molecule has 2 aromatic carbocycles. The van der Waals surface area contributed by atoms with E-state index < -0.39 is 0 Å². The first kappa shape index (κ1) is 13.5. The average Bonchev–Trinajstić information content (AvgIpc) is 2.69. The van der Waals surface area contributed by atoms with Gasteiger partial charge in [0.2, 0.25) is 0 Å². The molecule has 3 rings (SSSR count). The average molecular weight is 325 g/mol. The zero-order valence-electron chi connectivity index (χ0n) is 11.8. The van der Waals surface area contributed by atoms with Gasteiger partial charge in [0.1, 0.15) is 0 Å². The Morgan fingerprint density at radius 1 is 1.00 bits per heavy atom. The molecule has 1 aliphatic carbocycles. The number of alkyl halides is 1. The van der Waals surface area contributed by atoms with Crippen LogP contribution in [0.4, 0.5) is 0 Å². The van der Waals surface area contributed by atoms with E-state index in [-0.39, 0.29) is 5.41 Å². The normalized spacial score (nSPS) is 14.2. The molecule has 0 saturated carbocycles. The van der Waals surface area contributed by atoms with E-state index >= 15 is 0 Å². The summed E-state index contributed by atoms with van der Waals surface area (Å²) in [5.41, 5.74) is 6.72. The van der Waals surface area contributed by atoms with Crippen LogP contribution in [-0.4, -0.2) is 5.33 Å². The number of benzene rings is 2. The highest BCUT2D eigenvalue weighted by Crippen LogP contribution is 2.48. The first-order valence-electron chi connectivity index (χ1n) is 6.94. The molecule has 2 aromatic rings. The Balaban J connectivity index is 2.11. The molecule has 0 saturated heterocycles. The van der Waals surface area contributed by atoms with Gasteiger partial charge in [-0.15, -0.1) is 0 Å². The van der Waals surface area contributed by atoms with Gasteiger partial charge in [-0.2, -0.15) is 0 Å². The lowest BCUT2D eigenvalue weighted by molar-refractivity contribution is 0.660. The van der Waals surface area contributed by atoms with Crippen LogP contribution in [0.25, 0.3) is 11.1 Å². The van der Waals surface area contributed by atoms with Gasteiger partial charge in [-0.3, -0.25) is 0 Å². The fraction of sp³-hybridized carbons (Fsp3) is 0.263. The van der Waals surface area contributed by atoms with Crippen LogP contribution in [0.2, 0.25) is 0 Å². The molecular formula is C19H17Br. The van der Waals surface area contributed by atoms with Crippen LogP contribution in [0.15, 0.2) is 42.5 Å². The van der Waals surface area contributed by atoms with Crippen molar-refractivity contribution in [3.63, 3.8) is 0 Å². The summed E-state index contributed by atoms with van der Waals surface area (Å²) in [7, 11) is 0. The van der Waals surface area contributed by atoms with Gasteiger partial charge in [0.05, 0.1) is 0 Å². The van der Waals surface area contributed by atoms with E-state index in [0.717, 1.165) is 17.3 Å². The summed E-state index contributed by atoms with van der Waals surface area (Å²) in [6.07, 6.45) is 0.890. The van der Waals surface area contributed by atoms with Gasteiger partial charge in [0, 0.05) is 22.7 Å². The van der Waals surface area contributed by atoms with Gasteiger partial charge < -0.3 is 0 Å². The van der Waals surface area contributed by atoms with Crippen molar-refractivity contribution in [3.8, 4) is 23.0 Å². The van der Waals surface area contributed by atoms with Gasteiger partial charge in [-0.05, 0) is 34.4 Å². The van der Waals surface area contributed by atoms with Crippen molar-refractivity contribution in [1.29, 1.82) is 0 Å². The second kappa shape index (κ2) is 5.11. The number of rotatable bonds is 1. The largest absolute Gasteiger partial charge is 0.0970 e. The maximum Gasteiger partial charge on any atom is 0.0248 e. The zero-order chi connectivity index (χ0) is 14.2. The molecule has 0 fully saturated rings. The second-order valence-electron chi connectivity index (χ2n) is 5.67. The number of halogens is 1. The summed E-state index contributed by atoms with van der Waals surface area (Å²) in [4.78, 5) is 0. The minimum Gasteiger partial charge on any atom is -0.0970 e. The van der Waals surface area contributed by atoms with E-state index in [4.69, 9.17) is 0 Å². The van der Waals surface area contributed by atoms with Crippen molar-refractivity contribution >= 4 is 15.9 Å². The Hall–Kier alpha value is -1.52. The van der Waals surface area contributed by atoms with E-state index in [9.17, 15) is 0 Å². The van der Waals surface area contributed by atoms with Crippen molar-refractivity contribution < 1.29 is 0 Å². The molecule has 0 aromatic heterocycles. The molecule has 0 amide bonds. The highest BCUT2D eigenvalue weighted by Gasteiger charge is 2.34. The third kappa shape index (κ3) is 2.09. The molecule has 0 heterocycles. The fourth-order valence-electron chi connectivity index (χ4n) is 2.99.